The van der Waals surface area contributed by atoms with Crippen LogP contribution >= 0.6 is 11.3 Å². The van der Waals surface area contributed by atoms with E-state index in [1.54, 1.807) is 6.20 Å². The molecular formula is C19H20N2O3S. The van der Waals surface area contributed by atoms with Crippen LogP contribution in [0.15, 0.2) is 42.6 Å². The molecule has 2 aromatic heterocycles. The van der Waals surface area contributed by atoms with E-state index in [0.717, 1.165) is 28.1 Å². The van der Waals surface area contributed by atoms with Crippen LogP contribution in [0.3, 0.4) is 0 Å². The van der Waals surface area contributed by atoms with Crippen molar-refractivity contribution in [1.29, 1.82) is 0 Å². The summed E-state index contributed by atoms with van der Waals surface area (Å²) in [6, 6.07) is 11.3. The van der Waals surface area contributed by atoms with Crippen molar-refractivity contribution in [2.75, 3.05) is 20.6 Å². The summed E-state index contributed by atoms with van der Waals surface area (Å²) >= 11 is 1.20. The molecule has 0 saturated carbocycles. The predicted molar refractivity (Wildman–Crippen MR) is 101 cm³/mol. The van der Waals surface area contributed by atoms with Crippen molar-refractivity contribution in [1.82, 2.24) is 9.88 Å². The maximum absolute atomic E-state index is 11.6. The van der Waals surface area contributed by atoms with E-state index in [-0.39, 0.29) is 6.10 Å². The van der Waals surface area contributed by atoms with Gasteiger partial charge in [0, 0.05) is 23.7 Å². The predicted octanol–water partition coefficient (Wildman–Crippen LogP) is 3.99. The smallest absolute Gasteiger partial charge is 0.346 e. The lowest BCUT2D eigenvalue weighted by Crippen LogP contribution is -2.27. The van der Waals surface area contributed by atoms with Crippen LogP contribution in [0.2, 0.25) is 0 Å². The van der Waals surface area contributed by atoms with Gasteiger partial charge in [0.15, 0.2) is 0 Å². The number of hydrogen-bond donors (Lipinski definition) is 1. The number of nitrogens with zero attached hydrogens (tertiary/aromatic N) is 2. The summed E-state index contributed by atoms with van der Waals surface area (Å²) in [5.41, 5.74) is 1.57. The summed E-state index contributed by atoms with van der Waals surface area (Å²) in [5, 5.41) is 10.4. The highest BCUT2D eigenvalue weighted by Gasteiger charge is 2.19. The van der Waals surface area contributed by atoms with Crippen LogP contribution in [0, 0.1) is 0 Å². The topological polar surface area (TPSA) is 62.7 Å². The van der Waals surface area contributed by atoms with Crippen molar-refractivity contribution in [2.45, 2.75) is 13.0 Å². The molecule has 0 amide bonds. The molecule has 3 rings (SSSR count). The number of thiophene rings is 1. The molecule has 3 aromatic rings. The van der Waals surface area contributed by atoms with Gasteiger partial charge in [0.25, 0.3) is 0 Å². The zero-order chi connectivity index (χ0) is 18.0. The molecule has 1 aromatic carbocycles. The Morgan fingerprint density at radius 3 is 2.64 bits per heavy atom. The quantitative estimate of drug-likeness (QED) is 0.723. The van der Waals surface area contributed by atoms with Gasteiger partial charge in [0.05, 0.1) is 0 Å². The van der Waals surface area contributed by atoms with Crippen molar-refractivity contribution in [2.24, 2.45) is 0 Å². The Morgan fingerprint density at radius 2 is 2.00 bits per heavy atom. The fraction of sp³-hybridized carbons (Fsp3) is 0.263. The summed E-state index contributed by atoms with van der Waals surface area (Å²) in [4.78, 5) is 19.0. The summed E-state index contributed by atoms with van der Waals surface area (Å²) in [7, 11) is 4.01. The molecule has 1 unspecified atom stereocenters. The lowest BCUT2D eigenvalue weighted by Gasteiger charge is -2.18. The highest BCUT2D eigenvalue weighted by molar-refractivity contribution is 7.21. The van der Waals surface area contributed by atoms with Gasteiger partial charge in [-0.25, -0.2) is 9.78 Å². The van der Waals surface area contributed by atoms with Crippen LogP contribution in [0.4, 0.5) is 0 Å². The molecule has 0 aliphatic rings. The van der Waals surface area contributed by atoms with Gasteiger partial charge in [-0.2, -0.15) is 0 Å². The van der Waals surface area contributed by atoms with E-state index >= 15 is 0 Å². The maximum atomic E-state index is 11.6. The minimum Gasteiger partial charge on any atom is -0.489 e. The molecule has 5 nitrogen and oxygen atoms in total. The highest BCUT2D eigenvalue weighted by Crippen LogP contribution is 2.38. The van der Waals surface area contributed by atoms with Crippen LogP contribution in [0.1, 0.15) is 16.6 Å². The molecule has 0 saturated heterocycles. The van der Waals surface area contributed by atoms with Crippen molar-refractivity contribution in [3.63, 3.8) is 0 Å². The molecule has 0 radical (unpaired) electrons. The van der Waals surface area contributed by atoms with Crippen molar-refractivity contribution < 1.29 is 14.6 Å². The van der Waals surface area contributed by atoms with E-state index in [1.165, 1.54) is 11.3 Å². The van der Waals surface area contributed by atoms with Gasteiger partial charge in [0.1, 0.15) is 21.6 Å². The van der Waals surface area contributed by atoms with Gasteiger partial charge in [-0.05, 0) is 50.8 Å². The Bertz CT molecular complexity index is 887. The van der Waals surface area contributed by atoms with E-state index in [4.69, 9.17) is 4.74 Å². The minimum absolute atomic E-state index is 0.0709. The SMILES string of the molecule is CC(CN(C)C)Oc1ccc(-c2c(C(=O)O)sc3ncccc23)cc1. The number of rotatable bonds is 6. The highest BCUT2D eigenvalue weighted by atomic mass is 32.1. The summed E-state index contributed by atoms with van der Waals surface area (Å²) in [6.07, 6.45) is 1.75. The summed E-state index contributed by atoms with van der Waals surface area (Å²) < 4.78 is 5.89. The maximum Gasteiger partial charge on any atom is 0.346 e. The average Bonchev–Trinajstić information content (AvgIpc) is 2.94. The van der Waals surface area contributed by atoms with Crippen LogP contribution in [-0.2, 0) is 0 Å². The van der Waals surface area contributed by atoms with Gasteiger partial charge in [0.2, 0.25) is 0 Å². The molecule has 2 heterocycles. The van der Waals surface area contributed by atoms with Gasteiger partial charge < -0.3 is 14.7 Å². The minimum atomic E-state index is -0.932. The molecule has 1 N–H and O–H groups in total. The molecule has 25 heavy (non-hydrogen) atoms. The Kier molecular flexibility index (Phi) is 5.01. The Labute approximate surface area is 150 Å². The Hall–Kier alpha value is -2.44. The standard InChI is InChI=1S/C19H20N2O3S/c1-12(11-21(2)3)24-14-8-6-13(7-9-14)16-15-5-4-10-20-18(15)25-17(16)19(22)23/h4-10,12H,11H2,1-3H3,(H,22,23). The van der Waals surface area contributed by atoms with Crippen molar-refractivity contribution in [3.05, 3.63) is 47.5 Å². The van der Waals surface area contributed by atoms with Crippen LogP contribution in [0.5, 0.6) is 5.75 Å². The van der Waals surface area contributed by atoms with Gasteiger partial charge in [-0.15, -0.1) is 11.3 Å². The Balaban J connectivity index is 1.94. The molecule has 0 aliphatic carbocycles. The van der Waals surface area contributed by atoms with Crippen molar-refractivity contribution in [3.8, 4) is 16.9 Å². The van der Waals surface area contributed by atoms with E-state index in [9.17, 15) is 9.90 Å². The first kappa shape index (κ1) is 17.4. The van der Waals surface area contributed by atoms with Crippen LogP contribution in [-0.4, -0.2) is 47.7 Å². The van der Waals surface area contributed by atoms with E-state index in [0.29, 0.717) is 10.4 Å². The number of aromatic carboxylic acids is 1. The normalized spacial score (nSPS) is 12.5. The van der Waals surface area contributed by atoms with E-state index < -0.39 is 5.97 Å². The van der Waals surface area contributed by atoms with Crippen LogP contribution in [0.25, 0.3) is 21.3 Å². The first-order valence-electron chi connectivity index (χ1n) is 7.98. The molecule has 0 bridgehead atoms. The zero-order valence-electron chi connectivity index (χ0n) is 14.4. The molecular weight excluding hydrogens is 336 g/mol. The first-order valence-corrected chi connectivity index (χ1v) is 8.80. The number of benzene rings is 1. The zero-order valence-corrected chi connectivity index (χ0v) is 15.2. The third kappa shape index (κ3) is 3.81. The number of likely N-dealkylation sites (N-methyl/N-ethyl adjacent to an activating group) is 1. The number of carboxylic acid groups (broad SMARTS) is 1. The molecule has 130 valence electrons. The second kappa shape index (κ2) is 7.21. The fourth-order valence-corrected chi connectivity index (χ4v) is 3.86. The lowest BCUT2D eigenvalue weighted by molar-refractivity contribution is 0.0703. The molecule has 0 fully saturated rings. The summed E-state index contributed by atoms with van der Waals surface area (Å²) in [5.74, 6) is -0.162. The monoisotopic (exact) mass is 356 g/mol. The van der Waals surface area contributed by atoms with Gasteiger partial charge in [-0.1, -0.05) is 12.1 Å². The lowest BCUT2D eigenvalue weighted by atomic mass is 10.0. The number of aromatic nitrogens is 1. The van der Waals surface area contributed by atoms with Gasteiger partial charge >= 0.3 is 5.97 Å². The molecule has 0 aliphatic heterocycles. The first-order chi connectivity index (χ1) is 12.0. The largest absolute Gasteiger partial charge is 0.489 e. The number of pyridine rings is 1. The second-order valence-corrected chi connectivity index (χ2v) is 7.18. The third-order valence-corrected chi connectivity index (χ3v) is 4.86. The second-order valence-electron chi connectivity index (χ2n) is 6.18. The van der Waals surface area contributed by atoms with E-state index in [1.807, 2.05) is 57.4 Å². The average molecular weight is 356 g/mol. The number of fused-ring (bicyclic) bond motifs is 1. The Morgan fingerprint density at radius 1 is 1.28 bits per heavy atom. The fourth-order valence-electron chi connectivity index (χ4n) is 2.85. The summed E-state index contributed by atoms with van der Waals surface area (Å²) in [6.45, 7) is 2.85. The van der Waals surface area contributed by atoms with Crippen LogP contribution < -0.4 is 4.74 Å². The molecule has 6 heteroatoms. The van der Waals surface area contributed by atoms with Crippen molar-refractivity contribution >= 4 is 27.5 Å². The number of carbonyl (C=O) groups is 1. The van der Waals surface area contributed by atoms with Gasteiger partial charge in [-0.3, -0.25) is 0 Å². The number of hydrogen-bond acceptors (Lipinski definition) is 5. The number of carboxylic acids is 1. The number of ether oxygens (including phenoxy) is 1. The third-order valence-electron chi connectivity index (χ3n) is 3.76. The van der Waals surface area contributed by atoms with E-state index in [2.05, 4.69) is 9.88 Å². The molecule has 0 spiro atoms. The molecule has 1 atom stereocenters.